The molecule has 0 aliphatic carbocycles. The molecule has 1 rings (SSSR count). The zero-order valence-corrected chi connectivity index (χ0v) is 12.3. The predicted molar refractivity (Wildman–Crippen MR) is 71.4 cm³/mol. The summed E-state index contributed by atoms with van der Waals surface area (Å²) in [5.41, 5.74) is 1.32. The van der Waals surface area contributed by atoms with E-state index in [2.05, 4.69) is 51.9 Å². The maximum absolute atomic E-state index is 11.2. The molecule has 0 saturated carbocycles. The van der Waals surface area contributed by atoms with E-state index in [-0.39, 0.29) is 5.97 Å². The number of benzene rings is 1. The molecule has 2 nitrogen and oxygen atoms in total. The fourth-order valence-electron chi connectivity index (χ4n) is 1.91. The van der Waals surface area contributed by atoms with Crippen molar-refractivity contribution in [1.29, 1.82) is 0 Å². The van der Waals surface area contributed by atoms with Crippen molar-refractivity contribution in [3.8, 4) is 0 Å². The first kappa shape index (κ1) is 14.3. The summed E-state index contributed by atoms with van der Waals surface area (Å²) < 4.78 is 4.69. The number of hydrogen-bond donors (Lipinski definition) is 0. The van der Waals surface area contributed by atoms with Gasteiger partial charge in [-0.15, -0.1) is 0 Å². The third kappa shape index (κ3) is 4.53. The van der Waals surface area contributed by atoms with Crippen LogP contribution in [0.5, 0.6) is 0 Å². The topological polar surface area (TPSA) is 26.3 Å². The van der Waals surface area contributed by atoms with Crippen LogP contribution >= 0.6 is 0 Å². The summed E-state index contributed by atoms with van der Waals surface area (Å²) in [6.07, 6.45) is 2.47. The molecule has 2 atom stereocenters. The van der Waals surface area contributed by atoms with Gasteiger partial charge in [0.15, 0.2) is 0 Å². The van der Waals surface area contributed by atoms with Gasteiger partial charge in [0.05, 0.1) is 0 Å². The Bertz CT molecular complexity index is 337. The molecule has 0 aromatic heterocycles. The van der Waals surface area contributed by atoms with Gasteiger partial charge in [-0.25, -0.2) is 0 Å². The quantitative estimate of drug-likeness (QED) is 0.596. The summed E-state index contributed by atoms with van der Waals surface area (Å²) in [5.74, 6) is 0.396. The second kappa shape index (κ2) is 7.52. The van der Waals surface area contributed by atoms with Crippen LogP contribution in [-0.4, -0.2) is 29.1 Å². The van der Waals surface area contributed by atoms with Crippen molar-refractivity contribution in [2.24, 2.45) is 5.92 Å². The Morgan fingerprint density at radius 1 is 1.35 bits per heavy atom. The van der Waals surface area contributed by atoms with E-state index in [4.69, 9.17) is 0 Å². The summed E-state index contributed by atoms with van der Waals surface area (Å²) in [4.78, 5) is 11.6. The van der Waals surface area contributed by atoms with Gasteiger partial charge in [-0.1, -0.05) is 0 Å². The van der Waals surface area contributed by atoms with Gasteiger partial charge in [-0.3, -0.25) is 0 Å². The average molecular weight is 299 g/mol. The van der Waals surface area contributed by atoms with Crippen LogP contribution in [0, 0.1) is 5.92 Å². The standard InChI is InChI=1S/C14H20O2Se/c1-3-11(9-10-13(15)16-2)14(17)12-7-5-4-6-8-12/h4-8,11,14,17H,3,9-10H2,1-2H3. The summed E-state index contributed by atoms with van der Waals surface area (Å²) >= 11 is 2.74. The second-order valence-corrected chi connectivity index (χ2v) is 5.31. The van der Waals surface area contributed by atoms with Crippen molar-refractivity contribution in [2.45, 2.75) is 31.0 Å². The first-order valence-corrected chi connectivity index (χ1v) is 7.07. The monoisotopic (exact) mass is 300 g/mol. The van der Waals surface area contributed by atoms with Crippen molar-refractivity contribution in [3.05, 3.63) is 35.9 Å². The van der Waals surface area contributed by atoms with Crippen LogP contribution in [0.15, 0.2) is 30.3 Å². The summed E-state index contributed by atoms with van der Waals surface area (Å²) in [5, 5.41) is 0. The van der Waals surface area contributed by atoms with E-state index in [1.165, 1.54) is 12.7 Å². The molecule has 1 aromatic rings. The first-order valence-electron chi connectivity index (χ1n) is 5.98. The molecule has 0 heterocycles. The molecule has 0 aliphatic rings. The third-order valence-corrected chi connectivity index (χ3v) is 4.57. The number of ether oxygens (including phenoxy) is 1. The maximum atomic E-state index is 11.2. The van der Waals surface area contributed by atoms with Crippen molar-refractivity contribution in [3.63, 3.8) is 0 Å². The molecule has 0 aliphatic heterocycles. The van der Waals surface area contributed by atoms with Gasteiger partial charge in [-0.2, -0.15) is 0 Å². The number of rotatable bonds is 6. The Hall–Kier alpha value is -0.791. The van der Waals surface area contributed by atoms with Crippen LogP contribution in [0.25, 0.3) is 0 Å². The van der Waals surface area contributed by atoms with Crippen LogP contribution in [-0.2, 0) is 9.53 Å². The summed E-state index contributed by atoms with van der Waals surface area (Å²) in [6.45, 7) is 2.17. The molecule has 0 N–H and O–H groups in total. The van der Waals surface area contributed by atoms with E-state index in [0.717, 1.165) is 12.8 Å². The Labute approximate surface area is 112 Å². The minimum absolute atomic E-state index is 0.115. The van der Waals surface area contributed by atoms with Gasteiger partial charge >= 0.3 is 111 Å². The predicted octanol–water partition coefficient (Wildman–Crippen LogP) is 2.61. The zero-order chi connectivity index (χ0) is 12.7. The van der Waals surface area contributed by atoms with Crippen molar-refractivity contribution >= 4 is 22.0 Å². The molecule has 17 heavy (non-hydrogen) atoms. The van der Waals surface area contributed by atoms with Gasteiger partial charge in [0.1, 0.15) is 0 Å². The molecule has 0 amide bonds. The van der Waals surface area contributed by atoms with E-state index < -0.39 is 0 Å². The number of hydrogen-bond acceptors (Lipinski definition) is 2. The van der Waals surface area contributed by atoms with Crippen LogP contribution in [0.2, 0.25) is 0 Å². The molecular weight excluding hydrogens is 279 g/mol. The minimum atomic E-state index is -0.115. The number of carbonyl (C=O) groups excluding carboxylic acids is 1. The van der Waals surface area contributed by atoms with Crippen LogP contribution in [0.1, 0.15) is 36.6 Å². The molecule has 2 unspecified atom stereocenters. The van der Waals surface area contributed by atoms with Crippen LogP contribution in [0.4, 0.5) is 0 Å². The Balaban J connectivity index is 2.58. The molecule has 0 radical (unpaired) electrons. The molecule has 0 saturated heterocycles. The number of esters is 1. The summed E-state index contributed by atoms with van der Waals surface area (Å²) in [6, 6.07) is 10.4. The fraction of sp³-hybridized carbons (Fsp3) is 0.500. The average Bonchev–Trinajstić information content (AvgIpc) is 2.39. The molecule has 1 aromatic carbocycles. The van der Waals surface area contributed by atoms with Crippen LogP contribution < -0.4 is 0 Å². The summed E-state index contributed by atoms with van der Waals surface area (Å²) in [7, 11) is 1.44. The second-order valence-electron chi connectivity index (χ2n) is 4.14. The molecule has 0 bridgehead atoms. The Kier molecular flexibility index (Phi) is 6.31. The fourth-order valence-corrected chi connectivity index (χ4v) is 3.03. The third-order valence-electron chi connectivity index (χ3n) is 3.06. The van der Waals surface area contributed by atoms with Gasteiger partial charge in [-0.05, 0) is 0 Å². The Morgan fingerprint density at radius 3 is 2.53 bits per heavy atom. The normalized spacial score (nSPS) is 14.1. The van der Waals surface area contributed by atoms with Gasteiger partial charge < -0.3 is 0 Å². The Morgan fingerprint density at radius 2 is 2.00 bits per heavy atom. The van der Waals surface area contributed by atoms with Crippen molar-refractivity contribution in [2.75, 3.05) is 7.11 Å². The van der Waals surface area contributed by atoms with E-state index in [9.17, 15) is 4.79 Å². The molecule has 3 heteroatoms. The van der Waals surface area contributed by atoms with Crippen molar-refractivity contribution < 1.29 is 9.53 Å². The van der Waals surface area contributed by atoms with E-state index in [0.29, 0.717) is 17.2 Å². The van der Waals surface area contributed by atoms with Gasteiger partial charge in [0, 0.05) is 0 Å². The number of carbonyl (C=O) groups is 1. The SMILES string of the molecule is CCC(CCC(=O)OC)C([SeH])c1ccccc1. The van der Waals surface area contributed by atoms with Gasteiger partial charge in [0.25, 0.3) is 0 Å². The van der Waals surface area contributed by atoms with E-state index in [1.54, 1.807) is 0 Å². The molecular formula is C14H20O2Se. The number of methoxy groups -OCH3 is 1. The van der Waals surface area contributed by atoms with Crippen LogP contribution in [0.3, 0.4) is 0 Å². The van der Waals surface area contributed by atoms with E-state index >= 15 is 0 Å². The molecule has 94 valence electrons. The molecule has 0 spiro atoms. The van der Waals surface area contributed by atoms with Gasteiger partial charge in [0.2, 0.25) is 0 Å². The zero-order valence-electron chi connectivity index (χ0n) is 10.4. The van der Waals surface area contributed by atoms with E-state index in [1.807, 2.05) is 6.07 Å². The molecule has 0 fully saturated rings. The van der Waals surface area contributed by atoms with Crippen molar-refractivity contribution in [1.82, 2.24) is 0 Å². The first-order chi connectivity index (χ1) is 8.19.